The van der Waals surface area contributed by atoms with Crippen LogP contribution in [-0.2, 0) is 23.2 Å². The number of aromatic nitrogens is 2. The fourth-order valence-electron chi connectivity index (χ4n) is 2.71. The van der Waals surface area contributed by atoms with Gasteiger partial charge >= 0.3 is 0 Å². The zero-order chi connectivity index (χ0) is 19.4. The molecule has 0 aliphatic carbocycles. The van der Waals surface area contributed by atoms with E-state index in [1.165, 1.54) is 16.8 Å². The van der Waals surface area contributed by atoms with Crippen molar-refractivity contribution >= 4 is 27.4 Å². The molecular weight excluding hydrogens is 386 g/mol. The van der Waals surface area contributed by atoms with Gasteiger partial charge in [0.15, 0.2) is 5.82 Å². The zero-order valence-corrected chi connectivity index (χ0v) is 15.9. The van der Waals surface area contributed by atoms with Crippen molar-refractivity contribution in [3.8, 4) is 11.1 Å². The Labute approximate surface area is 162 Å². The van der Waals surface area contributed by atoms with Gasteiger partial charge in [-0.3, -0.25) is 9.40 Å². The van der Waals surface area contributed by atoms with Crippen molar-refractivity contribution in [2.45, 2.75) is 18.0 Å². The Kier molecular flexibility index (Phi) is 5.65. The van der Waals surface area contributed by atoms with Crippen LogP contribution >= 0.6 is 11.6 Å². The number of benzene rings is 2. The molecule has 0 aliphatic heterocycles. The first-order chi connectivity index (χ1) is 13.0. The van der Waals surface area contributed by atoms with E-state index in [1.54, 1.807) is 48.5 Å². The molecule has 6 nitrogen and oxygen atoms in total. The molecule has 0 saturated heterocycles. The molecule has 1 aromatic heterocycles. The summed E-state index contributed by atoms with van der Waals surface area (Å²) in [7, 11) is -3.84. The van der Waals surface area contributed by atoms with Crippen molar-refractivity contribution in [1.29, 1.82) is 0 Å². The maximum atomic E-state index is 12.7. The summed E-state index contributed by atoms with van der Waals surface area (Å²) in [4.78, 5) is 0.121. The van der Waals surface area contributed by atoms with Crippen LogP contribution in [-0.4, -0.2) is 23.3 Å². The highest BCUT2D eigenvalue weighted by Crippen LogP contribution is 2.33. The summed E-state index contributed by atoms with van der Waals surface area (Å²) in [6.07, 6.45) is 1.62. The van der Waals surface area contributed by atoms with Crippen molar-refractivity contribution in [3.63, 3.8) is 0 Å². The lowest BCUT2D eigenvalue weighted by Crippen LogP contribution is -2.14. The molecule has 3 rings (SSSR count). The number of allylic oxidation sites excluding steroid dienone is 1. The Hall–Kier alpha value is -2.61. The lowest BCUT2D eigenvalue weighted by molar-refractivity contribution is 0.270. The summed E-state index contributed by atoms with van der Waals surface area (Å²) in [6, 6.07) is 14.9. The Morgan fingerprint density at radius 2 is 1.81 bits per heavy atom. The zero-order valence-electron chi connectivity index (χ0n) is 14.3. The van der Waals surface area contributed by atoms with Gasteiger partial charge in [-0.25, -0.2) is 8.42 Å². The normalized spacial score (nSPS) is 11.3. The Bertz CT molecular complexity index is 1050. The van der Waals surface area contributed by atoms with E-state index in [1.807, 2.05) is 0 Å². The lowest BCUT2D eigenvalue weighted by Gasteiger charge is -2.09. The third-order valence-corrected chi connectivity index (χ3v) is 5.53. The predicted octanol–water partition coefficient (Wildman–Crippen LogP) is 3.68. The third kappa shape index (κ3) is 4.05. The number of aliphatic hydroxyl groups is 1. The predicted molar refractivity (Wildman–Crippen MR) is 106 cm³/mol. The van der Waals surface area contributed by atoms with Gasteiger partial charge < -0.3 is 5.11 Å². The molecule has 2 aromatic carbocycles. The van der Waals surface area contributed by atoms with Gasteiger partial charge in [0.2, 0.25) is 0 Å². The smallest absolute Gasteiger partial charge is 0.263 e. The summed E-state index contributed by atoms with van der Waals surface area (Å²) in [5.74, 6) is 0.132. The average molecular weight is 404 g/mol. The molecule has 0 bridgehead atoms. The van der Waals surface area contributed by atoms with Gasteiger partial charge in [0.25, 0.3) is 10.0 Å². The Morgan fingerprint density at radius 3 is 2.41 bits per heavy atom. The first-order valence-corrected chi connectivity index (χ1v) is 9.97. The van der Waals surface area contributed by atoms with E-state index < -0.39 is 10.0 Å². The highest BCUT2D eigenvalue weighted by Gasteiger charge is 2.23. The number of rotatable bonds is 7. The van der Waals surface area contributed by atoms with E-state index in [0.29, 0.717) is 28.4 Å². The second-order valence-electron chi connectivity index (χ2n) is 5.72. The summed E-state index contributed by atoms with van der Waals surface area (Å²) < 4.78 is 29.5. The van der Waals surface area contributed by atoms with Gasteiger partial charge in [-0.2, -0.15) is 5.10 Å². The number of hydrogen-bond acceptors (Lipinski definition) is 4. The number of nitrogens with zero attached hydrogens (tertiary/aromatic N) is 2. The SMILES string of the molecule is C=CCn1nc(NS(=O)(=O)c2ccccc2)c(-c2ccc(Cl)cc2)c1CO. The molecule has 3 aromatic rings. The molecular formula is C19H18ClN3O3S. The first-order valence-electron chi connectivity index (χ1n) is 8.11. The molecule has 0 atom stereocenters. The molecule has 0 radical (unpaired) electrons. The standard InChI is InChI=1S/C19H18ClN3O3S/c1-2-12-23-17(13-24)18(14-8-10-15(20)11-9-14)19(21-23)22-27(25,26)16-6-4-3-5-7-16/h2-11,24H,1,12-13H2,(H,21,22). The molecule has 8 heteroatoms. The second kappa shape index (κ2) is 7.96. The highest BCUT2D eigenvalue weighted by atomic mass is 35.5. The van der Waals surface area contributed by atoms with Crippen LogP contribution in [0.5, 0.6) is 0 Å². The van der Waals surface area contributed by atoms with E-state index in [2.05, 4.69) is 16.4 Å². The maximum absolute atomic E-state index is 12.7. The Balaban J connectivity index is 2.14. The molecule has 140 valence electrons. The van der Waals surface area contributed by atoms with Crippen LogP contribution in [0, 0.1) is 0 Å². The third-order valence-electron chi connectivity index (χ3n) is 3.93. The average Bonchev–Trinajstić information content (AvgIpc) is 2.99. The minimum atomic E-state index is -3.84. The largest absolute Gasteiger partial charge is 0.390 e. The minimum Gasteiger partial charge on any atom is -0.390 e. The summed E-state index contributed by atoms with van der Waals surface area (Å²) in [5, 5.41) is 14.8. The number of anilines is 1. The summed E-state index contributed by atoms with van der Waals surface area (Å²) >= 11 is 5.96. The van der Waals surface area contributed by atoms with Gasteiger partial charge in [-0.1, -0.05) is 48.0 Å². The second-order valence-corrected chi connectivity index (χ2v) is 7.84. The maximum Gasteiger partial charge on any atom is 0.263 e. The van der Waals surface area contributed by atoms with E-state index in [0.717, 1.165) is 0 Å². The number of sulfonamides is 1. The quantitative estimate of drug-likeness (QED) is 0.589. The van der Waals surface area contributed by atoms with Crippen molar-refractivity contribution in [3.05, 3.63) is 78.0 Å². The van der Waals surface area contributed by atoms with Crippen molar-refractivity contribution in [2.24, 2.45) is 0 Å². The van der Waals surface area contributed by atoms with Crippen LogP contribution in [0.1, 0.15) is 5.69 Å². The van der Waals surface area contributed by atoms with Crippen LogP contribution in [0.2, 0.25) is 5.02 Å². The highest BCUT2D eigenvalue weighted by molar-refractivity contribution is 7.92. The van der Waals surface area contributed by atoms with Crippen molar-refractivity contribution in [2.75, 3.05) is 4.72 Å². The van der Waals surface area contributed by atoms with Crippen LogP contribution in [0.3, 0.4) is 0 Å². The van der Waals surface area contributed by atoms with Crippen molar-refractivity contribution < 1.29 is 13.5 Å². The number of nitrogens with one attached hydrogen (secondary N) is 1. The first kappa shape index (κ1) is 19.2. The summed E-state index contributed by atoms with van der Waals surface area (Å²) in [6.45, 7) is 3.69. The number of halogens is 1. The van der Waals surface area contributed by atoms with E-state index in [9.17, 15) is 13.5 Å². The molecule has 1 heterocycles. The Morgan fingerprint density at radius 1 is 1.15 bits per heavy atom. The van der Waals surface area contributed by atoms with Gasteiger partial charge in [-0.15, -0.1) is 6.58 Å². The molecule has 27 heavy (non-hydrogen) atoms. The molecule has 0 fully saturated rings. The summed E-state index contributed by atoms with van der Waals surface area (Å²) in [5.41, 5.74) is 1.66. The molecule has 0 amide bonds. The fourth-order valence-corrected chi connectivity index (χ4v) is 3.86. The minimum absolute atomic E-state index is 0.121. The topological polar surface area (TPSA) is 84.2 Å². The van der Waals surface area contributed by atoms with Gasteiger partial charge in [0.05, 0.1) is 29.3 Å². The van der Waals surface area contributed by atoms with E-state index >= 15 is 0 Å². The van der Waals surface area contributed by atoms with Crippen LogP contribution in [0.15, 0.2) is 72.1 Å². The van der Waals surface area contributed by atoms with Gasteiger partial charge in [-0.05, 0) is 29.8 Å². The lowest BCUT2D eigenvalue weighted by atomic mass is 10.1. The van der Waals surface area contributed by atoms with Crippen molar-refractivity contribution in [1.82, 2.24) is 9.78 Å². The fraction of sp³-hybridized carbons (Fsp3) is 0.105. The van der Waals surface area contributed by atoms with Crippen LogP contribution in [0.25, 0.3) is 11.1 Å². The molecule has 2 N–H and O–H groups in total. The molecule has 0 spiro atoms. The number of hydrogen-bond donors (Lipinski definition) is 2. The van der Waals surface area contributed by atoms with Gasteiger partial charge in [0.1, 0.15) is 0 Å². The molecule has 0 aliphatic rings. The van der Waals surface area contributed by atoms with Crippen LogP contribution < -0.4 is 4.72 Å². The number of aliphatic hydroxyl groups excluding tert-OH is 1. The van der Waals surface area contributed by atoms with Gasteiger partial charge in [0, 0.05) is 5.02 Å². The van der Waals surface area contributed by atoms with Crippen LogP contribution in [0.4, 0.5) is 5.82 Å². The molecule has 0 unspecified atom stereocenters. The van der Waals surface area contributed by atoms with E-state index in [4.69, 9.17) is 11.6 Å². The van der Waals surface area contributed by atoms with E-state index in [-0.39, 0.29) is 17.3 Å². The monoisotopic (exact) mass is 403 g/mol. The molecule has 0 saturated carbocycles.